The van der Waals surface area contributed by atoms with E-state index in [4.69, 9.17) is 5.11 Å². The molecular formula is C13H16N2O3. The second-order valence-corrected chi connectivity index (χ2v) is 4.75. The van der Waals surface area contributed by atoms with Gasteiger partial charge < -0.3 is 5.11 Å². The van der Waals surface area contributed by atoms with Crippen molar-refractivity contribution >= 4 is 17.6 Å². The van der Waals surface area contributed by atoms with E-state index in [1.807, 2.05) is 19.9 Å². The van der Waals surface area contributed by atoms with Gasteiger partial charge in [-0.15, -0.1) is 0 Å². The number of rotatable bonds is 3. The second kappa shape index (κ2) is 4.76. The molecule has 0 spiro atoms. The number of nitrogens with zero attached hydrogens (tertiary/aromatic N) is 2. The monoisotopic (exact) mass is 248 g/mol. The molecule has 0 aromatic carbocycles. The zero-order valence-corrected chi connectivity index (χ0v) is 10.5. The van der Waals surface area contributed by atoms with E-state index < -0.39 is 12.0 Å². The van der Waals surface area contributed by atoms with Gasteiger partial charge in [0.1, 0.15) is 6.04 Å². The summed E-state index contributed by atoms with van der Waals surface area (Å²) in [6.07, 6.45) is 2.22. The van der Waals surface area contributed by atoms with E-state index in [0.29, 0.717) is 18.0 Å². The van der Waals surface area contributed by atoms with Gasteiger partial charge in [-0.2, -0.15) is 0 Å². The molecule has 1 fully saturated rings. The van der Waals surface area contributed by atoms with E-state index in [2.05, 4.69) is 4.98 Å². The summed E-state index contributed by atoms with van der Waals surface area (Å²) in [5.41, 5.74) is 1.49. The maximum Gasteiger partial charge on any atom is 0.326 e. The highest BCUT2D eigenvalue weighted by molar-refractivity contribution is 6.02. The fourth-order valence-electron chi connectivity index (χ4n) is 2.12. The van der Waals surface area contributed by atoms with E-state index >= 15 is 0 Å². The zero-order valence-electron chi connectivity index (χ0n) is 10.5. The van der Waals surface area contributed by atoms with Crippen LogP contribution >= 0.6 is 0 Å². The number of pyridine rings is 1. The molecule has 1 atom stereocenters. The lowest BCUT2D eigenvalue weighted by Crippen LogP contribution is -2.38. The van der Waals surface area contributed by atoms with Crippen LogP contribution in [0.1, 0.15) is 38.3 Å². The Labute approximate surface area is 105 Å². The number of aliphatic carboxylic acids is 1. The van der Waals surface area contributed by atoms with E-state index in [1.165, 1.54) is 4.90 Å². The van der Waals surface area contributed by atoms with Gasteiger partial charge in [0.25, 0.3) is 0 Å². The lowest BCUT2D eigenvalue weighted by molar-refractivity contribution is -0.138. The molecule has 18 heavy (non-hydrogen) atoms. The molecule has 1 saturated heterocycles. The van der Waals surface area contributed by atoms with Gasteiger partial charge in [0, 0.05) is 12.1 Å². The summed E-state index contributed by atoms with van der Waals surface area (Å²) in [7, 11) is 0. The summed E-state index contributed by atoms with van der Waals surface area (Å²) in [5, 5.41) is 9.09. The second-order valence-electron chi connectivity index (χ2n) is 4.75. The van der Waals surface area contributed by atoms with E-state index in [1.54, 1.807) is 12.3 Å². The van der Waals surface area contributed by atoms with Gasteiger partial charge in [0.05, 0.1) is 11.9 Å². The van der Waals surface area contributed by atoms with Gasteiger partial charge in [0.2, 0.25) is 5.91 Å². The third kappa shape index (κ3) is 2.20. The van der Waals surface area contributed by atoms with Crippen LogP contribution in [0.15, 0.2) is 18.3 Å². The topological polar surface area (TPSA) is 70.5 Å². The first-order valence-electron chi connectivity index (χ1n) is 6.01. The Morgan fingerprint density at radius 1 is 1.50 bits per heavy atom. The average molecular weight is 248 g/mol. The Balaban J connectivity index is 2.29. The molecule has 1 amide bonds. The van der Waals surface area contributed by atoms with Gasteiger partial charge in [-0.1, -0.05) is 13.8 Å². The van der Waals surface area contributed by atoms with E-state index in [0.717, 1.165) is 5.69 Å². The van der Waals surface area contributed by atoms with Gasteiger partial charge in [-0.05, 0) is 24.5 Å². The molecule has 1 aliphatic rings. The molecule has 5 nitrogen and oxygen atoms in total. The van der Waals surface area contributed by atoms with Crippen LogP contribution in [0.2, 0.25) is 0 Å². The quantitative estimate of drug-likeness (QED) is 0.885. The zero-order chi connectivity index (χ0) is 13.3. The van der Waals surface area contributed by atoms with Crippen molar-refractivity contribution in [3.63, 3.8) is 0 Å². The van der Waals surface area contributed by atoms with Crippen molar-refractivity contribution in [3.05, 3.63) is 24.0 Å². The maximum absolute atomic E-state index is 11.7. The van der Waals surface area contributed by atoms with Crippen LogP contribution in [0.5, 0.6) is 0 Å². The minimum Gasteiger partial charge on any atom is -0.480 e. The molecule has 5 heteroatoms. The molecule has 0 radical (unpaired) electrons. The predicted molar refractivity (Wildman–Crippen MR) is 66.5 cm³/mol. The number of anilines is 1. The van der Waals surface area contributed by atoms with Crippen molar-refractivity contribution in [3.8, 4) is 0 Å². The minimum absolute atomic E-state index is 0.151. The first-order valence-corrected chi connectivity index (χ1v) is 6.01. The Bertz CT molecular complexity index is 468. The number of hydrogen-bond acceptors (Lipinski definition) is 3. The van der Waals surface area contributed by atoms with Gasteiger partial charge in [-0.3, -0.25) is 14.7 Å². The molecule has 1 aliphatic heterocycles. The highest BCUT2D eigenvalue weighted by Crippen LogP contribution is 2.27. The lowest BCUT2D eigenvalue weighted by atomic mass is 10.1. The normalized spacial score (nSPS) is 19.6. The van der Waals surface area contributed by atoms with Crippen molar-refractivity contribution < 1.29 is 14.7 Å². The fourth-order valence-corrected chi connectivity index (χ4v) is 2.12. The number of carbonyl (C=O) groups is 2. The molecule has 0 aliphatic carbocycles. The Morgan fingerprint density at radius 2 is 2.22 bits per heavy atom. The van der Waals surface area contributed by atoms with Crippen LogP contribution in [0.3, 0.4) is 0 Å². The highest BCUT2D eigenvalue weighted by Gasteiger charge is 2.37. The van der Waals surface area contributed by atoms with Crippen molar-refractivity contribution in [2.75, 3.05) is 4.90 Å². The van der Waals surface area contributed by atoms with Gasteiger partial charge in [-0.25, -0.2) is 4.79 Å². The molecular weight excluding hydrogens is 232 g/mol. The number of carboxylic acids is 1. The van der Waals surface area contributed by atoms with Gasteiger partial charge >= 0.3 is 5.97 Å². The van der Waals surface area contributed by atoms with Crippen LogP contribution in [0.25, 0.3) is 0 Å². The predicted octanol–water partition coefficient (Wildman–Crippen LogP) is 1.79. The number of hydrogen-bond donors (Lipinski definition) is 1. The lowest BCUT2D eigenvalue weighted by Gasteiger charge is -2.21. The van der Waals surface area contributed by atoms with E-state index in [-0.39, 0.29) is 12.3 Å². The molecule has 0 bridgehead atoms. The molecule has 1 aromatic rings. The maximum atomic E-state index is 11.7. The third-order valence-electron chi connectivity index (χ3n) is 3.14. The van der Waals surface area contributed by atoms with Gasteiger partial charge in [0.15, 0.2) is 0 Å². The summed E-state index contributed by atoms with van der Waals surface area (Å²) in [6.45, 7) is 4.06. The number of amides is 1. The van der Waals surface area contributed by atoms with Crippen LogP contribution < -0.4 is 4.90 Å². The molecule has 0 saturated carbocycles. The standard InChI is InChI=1S/C13H16N2O3/c1-8(2)10-4-3-9(7-14-10)15-11(13(17)18)5-6-12(15)16/h3-4,7-8,11H,5-6H2,1-2H3,(H,17,18)/t11-/m0/s1. The Kier molecular flexibility index (Phi) is 3.32. The van der Waals surface area contributed by atoms with Crippen molar-refractivity contribution in [1.29, 1.82) is 0 Å². The first-order chi connectivity index (χ1) is 8.50. The molecule has 1 aromatic heterocycles. The summed E-state index contributed by atoms with van der Waals surface area (Å²) < 4.78 is 0. The Morgan fingerprint density at radius 3 is 2.72 bits per heavy atom. The minimum atomic E-state index is -0.964. The summed E-state index contributed by atoms with van der Waals surface area (Å²) in [6, 6.07) is 2.84. The first kappa shape index (κ1) is 12.5. The van der Waals surface area contributed by atoms with Crippen molar-refractivity contribution in [2.45, 2.75) is 38.6 Å². The molecule has 2 rings (SSSR count). The number of carbonyl (C=O) groups excluding carboxylic acids is 1. The average Bonchev–Trinajstić information content (AvgIpc) is 2.71. The molecule has 1 N–H and O–H groups in total. The van der Waals surface area contributed by atoms with Crippen LogP contribution in [0.4, 0.5) is 5.69 Å². The summed E-state index contributed by atoms with van der Waals surface area (Å²) >= 11 is 0. The highest BCUT2D eigenvalue weighted by atomic mass is 16.4. The fraction of sp³-hybridized carbons (Fsp3) is 0.462. The SMILES string of the molecule is CC(C)c1ccc(N2C(=O)CC[C@H]2C(=O)O)cn1. The van der Waals surface area contributed by atoms with Crippen LogP contribution in [0, 0.1) is 0 Å². The van der Waals surface area contributed by atoms with E-state index in [9.17, 15) is 9.59 Å². The Hall–Kier alpha value is -1.91. The summed E-state index contributed by atoms with van der Waals surface area (Å²) in [5.74, 6) is -0.807. The van der Waals surface area contributed by atoms with Crippen molar-refractivity contribution in [1.82, 2.24) is 4.98 Å². The largest absolute Gasteiger partial charge is 0.480 e. The third-order valence-corrected chi connectivity index (χ3v) is 3.14. The number of carboxylic acid groups (broad SMARTS) is 1. The number of aromatic nitrogens is 1. The smallest absolute Gasteiger partial charge is 0.326 e. The molecule has 2 heterocycles. The van der Waals surface area contributed by atoms with Crippen LogP contribution in [-0.2, 0) is 9.59 Å². The summed E-state index contributed by atoms with van der Waals surface area (Å²) in [4.78, 5) is 28.4. The van der Waals surface area contributed by atoms with Crippen LogP contribution in [-0.4, -0.2) is 28.0 Å². The molecule has 96 valence electrons. The molecule has 0 unspecified atom stereocenters. The van der Waals surface area contributed by atoms with Crippen molar-refractivity contribution in [2.24, 2.45) is 0 Å².